The third kappa shape index (κ3) is 6.46. The van der Waals surface area contributed by atoms with Gasteiger partial charge in [-0.3, -0.25) is 9.59 Å². The van der Waals surface area contributed by atoms with Crippen molar-refractivity contribution in [2.24, 2.45) is 0 Å². The van der Waals surface area contributed by atoms with Crippen molar-refractivity contribution in [2.75, 3.05) is 0 Å². The van der Waals surface area contributed by atoms with Gasteiger partial charge in [0.2, 0.25) is 11.8 Å². The van der Waals surface area contributed by atoms with Crippen LogP contribution in [-0.4, -0.2) is 28.8 Å². The second-order valence-corrected chi connectivity index (χ2v) is 9.14. The molecule has 1 N–H and O–H groups in total. The van der Waals surface area contributed by atoms with Crippen LogP contribution in [0.15, 0.2) is 42.5 Å². The fourth-order valence-electron chi connectivity index (χ4n) is 4.20. The van der Waals surface area contributed by atoms with Crippen molar-refractivity contribution in [3.63, 3.8) is 0 Å². The average Bonchev–Trinajstić information content (AvgIpc) is 2.77. The summed E-state index contributed by atoms with van der Waals surface area (Å²) in [6.45, 7) is 2.01. The highest BCUT2D eigenvalue weighted by Crippen LogP contribution is 2.25. The molecule has 0 bridgehead atoms. The summed E-state index contributed by atoms with van der Waals surface area (Å²) in [5, 5.41) is 4.04. The summed E-state index contributed by atoms with van der Waals surface area (Å²) in [5.74, 6) is -0.942. The first-order chi connectivity index (χ1) is 15.4. The van der Waals surface area contributed by atoms with Gasteiger partial charge < -0.3 is 10.2 Å². The number of benzene rings is 2. The average molecular weight is 479 g/mol. The number of hydrogen-bond donors (Lipinski definition) is 1. The van der Waals surface area contributed by atoms with Crippen molar-refractivity contribution in [1.82, 2.24) is 10.2 Å². The summed E-state index contributed by atoms with van der Waals surface area (Å²) in [7, 11) is 0. The smallest absolute Gasteiger partial charge is 0.243 e. The lowest BCUT2D eigenvalue weighted by Gasteiger charge is -2.33. The van der Waals surface area contributed by atoms with Crippen LogP contribution in [0.4, 0.5) is 4.39 Å². The molecule has 0 saturated heterocycles. The lowest BCUT2D eigenvalue weighted by atomic mass is 9.95. The highest BCUT2D eigenvalue weighted by molar-refractivity contribution is 6.35. The molecule has 0 heterocycles. The molecule has 2 aromatic rings. The van der Waals surface area contributed by atoms with E-state index in [1.807, 2.05) is 6.92 Å². The highest BCUT2D eigenvalue weighted by atomic mass is 35.5. The molecular formula is C25H29Cl2FN2O2. The van der Waals surface area contributed by atoms with E-state index in [9.17, 15) is 14.0 Å². The Morgan fingerprint density at radius 3 is 2.47 bits per heavy atom. The maximum Gasteiger partial charge on any atom is 0.243 e. The molecule has 0 aromatic heterocycles. The molecule has 1 aliphatic carbocycles. The minimum atomic E-state index is -0.678. The number of hydrogen-bond acceptors (Lipinski definition) is 2. The van der Waals surface area contributed by atoms with Crippen molar-refractivity contribution >= 4 is 35.0 Å². The first kappa shape index (κ1) is 24.5. The minimum Gasteiger partial charge on any atom is -0.352 e. The van der Waals surface area contributed by atoms with E-state index < -0.39 is 11.9 Å². The summed E-state index contributed by atoms with van der Waals surface area (Å²) < 4.78 is 14.2. The van der Waals surface area contributed by atoms with Crippen LogP contribution in [0.3, 0.4) is 0 Å². The Morgan fingerprint density at radius 1 is 1.09 bits per heavy atom. The molecule has 0 aliphatic heterocycles. The zero-order valence-electron chi connectivity index (χ0n) is 18.3. The monoisotopic (exact) mass is 478 g/mol. The predicted octanol–water partition coefficient (Wildman–Crippen LogP) is 5.93. The second-order valence-electron chi connectivity index (χ2n) is 8.29. The topological polar surface area (TPSA) is 49.4 Å². The molecule has 2 amide bonds. The summed E-state index contributed by atoms with van der Waals surface area (Å²) >= 11 is 12.4. The molecule has 32 heavy (non-hydrogen) atoms. The molecule has 4 nitrogen and oxygen atoms in total. The molecule has 0 spiro atoms. The third-order valence-corrected chi connectivity index (χ3v) is 6.58. The second kappa shape index (κ2) is 11.7. The third-order valence-electron chi connectivity index (χ3n) is 5.99. The summed E-state index contributed by atoms with van der Waals surface area (Å²) in [6.07, 6.45) is 5.59. The molecule has 1 atom stereocenters. The van der Waals surface area contributed by atoms with Gasteiger partial charge in [0.1, 0.15) is 11.9 Å². The number of halogens is 3. The van der Waals surface area contributed by atoms with Crippen LogP contribution in [0.1, 0.15) is 56.6 Å². The van der Waals surface area contributed by atoms with Crippen LogP contribution in [0.25, 0.3) is 0 Å². The Labute approximate surface area is 199 Å². The number of amides is 2. The van der Waals surface area contributed by atoms with E-state index >= 15 is 0 Å². The van der Waals surface area contributed by atoms with Crippen LogP contribution in [0.5, 0.6) is 0 Å². The van der Waals surface area contributed by atoms with E-state index in [4.69, 9.17) is 23.2 Å². The van der Waals surface area contributed by atoms with Crippen molar-refractivity contribution in [3.8, 4) is 0 Å². The van der Waals surface area contributed by atoms with E-state index in [0.717, 1.165) is 25.7 Å². The zero-order chi connectivity index (χ0) is 23.1. The minimum absolute atomic E-state index is 0.132. The number of rotatable bonds is 8. The Balaban J connectivity index is 1.85. The SMILES string of the molecule is CCC(C(=O)NC1CCCCC1)N(Cc1ccc(Cl)cc1Cl)C(=O)Cc1ccccc1F. The van der Waals surface area contributed by atoms with Gasteiger partial charge in [-0.25, -0.2) is 4.39 Å². The maximum atomic E-state index is 14.2. The largest absolute Gasteiger partial charge is 0.352 e. The number of nitrogens with zero attached hydrogens (tertiary/aromatic N) is 1. The summed E-state index contributed by atoms with van der Waals surface area (Å²) in [4.78, 5) is 28.1. The van der Waals surface area contributed by atoms with Crippen LogP contribution >= 0.6 is 23.2 Å². The van der Waals surface area contributed by atoms with Gasteiger partial charge in [0, 0.05) is 22.6 Å². The lowest BCUT2D eigenvalue weighted by Crippen LogP contribution is -2.52. The molecule has 172 valence electrons. The van der Waals surface area contributed by atoms with Gasteiger partial charge in [0.05, 0.1) is 6.42 Å². The van der Waals surface area contributed by atoms with Gasteiger partial charge in [-0.2, -0.15) is 0 Å². The Morgan fingerprint density at radius 2 is 1.81 bits per heavy atom. The fraction of sp³-hybridized carbons (Fsp3) is 0.440. The number of carbonyl (C=O) groups excluding carboxylic acids is 2. The Kier molecular flexibility index (Phi) is 8.94. The zero-order valence-corrected chi connectivity index (χ0v) is 19.8. The van der Waals surface area contributed by atoms with Gasteiger partial charge in [0.15, 0.2) is 0 Å². The lowest BCUT2D eigenvalue weighted by molar-refractivity contribution is -0.141. The number of nitrogens with one attached hydrogen (secondary N) is 1. The molecule has 1 unspecified atom stereocenters. The molecule has 1 aliphatic rings. The van der Waals surface area contributed by atoms with Crippen molar-refractivity contribution < 1.29 is 14.0 Å². The standard InChI is InChI=1S/C25H29Cl2FN2O2/c1-2-23(25(32)29-20-9-4-3-5-10-20)30(16-18-12-13-19(26)15-21(18)27)24(31)14-17-8-6-7-11-22(17)28/h6-8,11-13,15,20,23H,2-5,9-10,14,16H2,1H3,(H,29,32). The van der Waals surface area contributed by atoms with Crippen molar-refractivity contribution in [1.29, 1.82) is 0 Å². The summed E-state index contributed by atoms with van der Waals surface area (Å²) in [5.41, 5.74) is 0.981. The van der Waals surface area contributed by atoms with E-state index in [0.29, 0.717) is 27.6 Å². The van der Waals surface area contributed by atoms with Gasteiger partial charge in [-0.1, -0.05) is 73.7 Å². The molecule has 1 saturated carbocycles. The van der Waals surface area contributed by atoms with Crippen LogP contribution < -0.4 is 5.32 Å². The molecule has 0 radical (unpaired) electrons. The van der Waals surface area contributed by atoms with Gasteiger partial charge in [-0.15, -0.1) is 0 Å². The first-order valence-electron chi connectivity index (χ1n) is 11.2. The van der Waals surface area contributed by atoms with Gasteiger partial charge in [0.25, 0.3) is 0 Å². The van der Waals surface area contributed by atoms with E-state index in [2.05, 4.69) is 5.32 Å². The Bertz CT molecular complexity index is 947. The van der Waals surface area contributed by atoms with Crippen LogP contribution in [0.2, 0.25) is 10.0 Å². The van der Waals surface area contributed by atoms with E-state index in [-0.39, 0.29) is 30.8 Å². The van der Waals surface area contributed by atoms with E-state index in [1.54, 1.807) is 36.4 Å². The molecule has 1 fully saturated rings. The van der Waals surface area contributed by atoms with Crippen molar-refractivity contribution in [3.05, 3.63) is 69.5 Å². The Hall–Kier alpha value is -2.11. The van der Waals surface area contributed by atoms with Crippen LogP contribution in [0, 0.1) is 5.82 Å². The van der Waals surface area contributed by atoms with Crippen molar-refractivity contribution in [2.45, 2.75) is 70.5 Å². The van der Waals surface area contributed by atoms with Gasteiger partial charge in [-0.05, 0) is 48.6 Å². The molecule has 3 rings (SSSR count). The molecular weight excluding hydrogens is 450 g/mol. The summed E-state index contributed by atoms with van der Waals surface area (Å²) in [6, 6.07) is 10.7. The fourth-order valence-corrected chi connectivity index (χ4v) is 4.67. The first-order valence-corrected chi connectivity index (χ1v) is 11.9. The highest BCUT2D eigenvalue weighted by Gasteiger charge is 2.31. The maximum absolute atomic E-state index is 14.2. The molecule has 7 heteroatoms. The normalized spacial score (nSPS) is 15.2. The quantitative estimate of drug-likeness (QED) is 0.510. The molecule has 2 aromatic carbocycles. The van der Waals surface area contributed by atoms with E-state index in [1.165, 1.54) is 17.4 Å². The number of carbonyl (C=O) groups is 2. The van der Waals surface area contributed by atoms with Crippen LogP contribution in [-0.2, 0) is 22.6 Å². The van der Waals surface area contributed by atoms with Gasteiger partial charge >= 0.3 is 0 Å². The predicted molar refractivity (Wildman–Crippen MR) is 126 cm³/mol.